The molecule has 8 heteroatoms. The molecule has 3 aromatic rings. The van der Waals surface area contributed by atoms with Crippen molar-refractivity contribution in [2.45, 2.75) is 18.4 Å². The molecular weight excluding hydrogens is 348 g/mol. The van der Waals surface area contributed by atoms with Gasteiger partial charge in [-0.1, -0.05) is 41.4 Å². The van der Waals surface area contributed by atoms with E-state index in [1.54, 1.807) is 4.68 Å². The zero-order valence-corrected chi connectivity index (χ0v) is 14.4. The van der Waals surface area contributed by atoms with Crippen LogP contribution in [0.1, 0.15) is 11.1 Å². The van der Waals surface area contributed by atoms with Gasteiger partial charge in [0, 0.05) is 5.02 Å². The highest BCUT2D eigenvalue weighted by Gasteiger charge is 2.16. The Balaban J connectivity index is 1.75. The first-order valence-corrected chi connectivity index (χ1v) is 9.02. The summed E-state index contributed by atoms with van der Waals surface area (Å²) in [6.45, 7) is 2.52. The molecule has 0 aliphatic rings. The number of anilines is 1. The Morgan fingerprint density at radius 3 is 2.62 bits per heavy atom. The maximum absolute atomic E-state index is 12.3. The highest BCUT2D eigenvalue weighted by molar-refractivity contribution is 7.92. The largest absolute Gasteiger partial charge is 0.264 e. The lowest BCUT2D eigenvalue weighted by Crippen LogP contribution is -2.14. The van der Waals surface area contributed by atoms with Crippen molar-refractivity contribution in [1.82, 2.24) is 14.8 Å². The summed E-state index contributed by atoms with van der Waals surface area (Å²) in [5.41, 5.74) is 2.21. The predicted molar refractivity (Wildman–Crippen MR) is 92.6 cm³/mol. The molecule has 0 unspecified atom stereocenters. The van der Waals surface area contributed by atoms with E-state index in [2.05, 4.69) is 14.8 Å². The Hall–Kier alpha value is -2.38. The normalized spacial score (nSPS) is 11.4. The van der Waals surface area contributed by atoms with E-state index in [1.807, 2.05) is 31.2 Å². The van der Waals surface area contributed by atoms with Gasteiger partial charge in [0.15, 0.2) is 0 Å². The van der Waals surface area contributed by atoms with Crippen molar-refractivity contribution in [2.75, 3.05) is 4.72 Å². The molecule has 6 nitrogen and oxygen atoms in total. The number of rotatable bonds is 5. The van der Waals surface area contributed by atoms with Crippen molar-refractivity contribution >= 4 is 27.6 Å². The lowest BCUT2D eigenvalue weighted by molar-refractivity contribution is 0.600. The maximum Gasteiger partial charge on any atom is 0.264 e. The third-order valence-corrected chi connectivity index (χ3v) is 4.91. The Bertz CT molecular complexity index is 952. The predicted octanol–water partition coefficient (Wildman–Crippen LogP) is 3.09. The smallest absolute Gasteiger partial charge is 0.246 e. The molecule has 1 N–H and O–H groups in total. The van der Waals surface area contributed by atoms with Gasteiger partial charge < -0.3 is 0 Å². The molecule has 2 aromatic carbocycles. The van der Waals surface area contributed by atoms with Crippen LogP contribution in [0, 0.1) is 6.92 Å². The highest BCUT2D eigenvalue weighted by atomic mass is 35.5. The van der Waals surface area contributed by atoms with Crippen molar-refractivity contribution in [3.8, 4) is 0 Å². The van der Waals surface area contributed by atoms with E-state index in [1.165, 1.54) is 30.6 Å². The number of nitrogens with one attached hydrogen (secondary N) is 1. The second-order valence-corrected chi connectivity index (χ2v) is 7.43. The van der Waals surface area contributed by atoms with E-state index >= 15 is 0 Å². The van der Waals surface area contributed by atoms with Crippen LogP contribution >= 0.6 is 11.6 Å². The molecule has 1 heterocycles. The molecule has 0 bridgehead atoms. The van der Waals surface area contributed by atoms with Gasteiger partial charge in [0.25, 0.3) is 16.0 Å². The van der Waals surface area contributed by atoms with Gasteiger partial charge in [0.05, 0.1) is 11.4 Å². The zero-order valence-electron chi connectivity index (χ0n) is 12.8. The quantitative estimate of drug-likeness (QED) is 0.756. The number of hydrogen-bond acceptors (Lipinski definition) is 4. The van der Waals surface area contributed by atoms with E-state index < -0.39 is 10.0 Å². The summed E-state index contributed by atoms with van der Waals surface area (Å²) in [5.74, 6) is 0.0256. The average molecular weight is 363 g/mol. The first-order valence-electron chi connectivity index (χ1n) is 7.16. The second kappa shape index (κ2) is 6.62. The van der Waals surface area contributed by atoms with Crippen molar-refractivity contribution < 1.29 is 8.42 Å². The molecule has 0 aliphatic carbocycles. The summed E-state index contributed by atoms with van der Waals surface area (Å²) in [6, 6.07) is 13.9. The van der Waals surface area contributed by atoms with E-state index in [9.17, 15) is 8.42 Å². The Labute approximate surface area is 145 Å². The van der Waals surface area contributed by atoms with Crippen molar-refractivity contribution in [2.24, 2.45) is 0 Å². The van der Waals surface area contributed by atoms with Crippen LogP contribution < -0.4 is 4.72 Å². The minimum absolute atomic E-state index is 0.0256. The topological polar surface area (TPSA) is 76.9 Å². The number of aryl methyl sites for hydroxylation is 1. The van der Waals surface area contributed by atoms with Gasteiger partial charge in [-0.25, -0.2) is 17.8 Å². The van der Waals surface area contributed by atoms with Crippen LogP contribution in [-0.4, -0.2) is 23.2 Å². The standard InChI is InChI=1S/C16H15ClN4O2S/c1-12-3-2-4-13(9-12)10-21-11-18-16(19-21)20-24(22,23)15-7-5-14(17)6-8-15/h2-9,11H,10H2,1H3,(H,19,20). The van der Waals surface area contributed by atoms with Crippen molar-refractivity contribution in [1.29, 1.82) is 0 Å². The zero-order chi connectivity index (χ0) is 17.2. The van der Waals surface area contributed by atoms with Gasteiger partial charge in [-0.2, -0.15) is 4.98 Å². The van der Waals surface area contributed by atoms with Crippen LogP contribution in [0.25, 0.3) is 0 Å². The van der Waals surface area contributed by atoms with Crippen molar-refractivity contribution in [3.05, 3.63) is 71.0 Å². The van der Waals surface area contributed by atoms with E-state index in [0.717, 1.165) is 11.1 Å². The van der Waals surface area contributed by atoms with E-state index in [0.29, 0.717) is 11.6 Å². The molecule has 0 saturated carbocycles. The van der Waals surface area contributed by atoms with Gasteiger partial charge in [0.1, 0.15) is 6.33 Å². The third kappa shape index (κ3) is 3.93. The number of nitrogens with zero attached hydrogens (tertiary/aromatic N) is 3. The SMILES string of the molecule is Cc1cccc(Cn2cnc(NS(=O)(=O)c3ccc(Cl)cc3)n2)c1. The number of aromatic nitrogens is 3. The van der Waals surface area contributed by atoms with Gasteiger partial charge in [0.2, 0.25) is 0 Å². The van der Waals surface area contributed by atoms with Gasteiger partial charge in [-0.3, -0.25) is 0 Å². The van der Waals surface area contributed by atoms with Crippen LogP contribution in [0.2, 0.25) is 5.02 Å². The molecule has 124 valence electrons. The lowest BCUT2D eigenvalue weighted by atomic mass is 10.1. The highest BCUT2D eigenvalue weighted by Crippen LogP contribution is 2.16. The Morgan fingerprint density at radius 1 is 1.17 bits per heavy atom. The van der Waals surface area contributed by atoms with Crippen LogP contribution in [-0.2, 0) is 16.6 Å². The van der Waals surface area contributed by atoms with E-state index in [-0.39, 0.29) is 10.8 Å². The van der Waals surface area contributed by atoms with Crippen molar-refractivity contribution in [3.63, 3.8) is 0 Å². The van der Waals surface area contributed by atoms with Gasteiger partial charge in [-0.05, 0) is 36.8 Å². The Morgan fingerprint density at radius 2 is 1.92 bits per heavy atom. The number of sulfonamides is 1. The number of halogens is 1. The maximum atomic E-state index is 12.3. The summed E-state index contributed by atoms with van der Waals surface area (Å²) >= 11 is 5.77. The molecular formula is C16H15ClN4O2S. The average Bonchev–Trinajstić information content (AvgIpc) is 2.94. The fourth-order valence-corrected chi connectivity index (χ4v) is 3.28. The van der Waals surface area contributed by atoms with Crippen LogP contribution in [0.15, 0.2) is 59.8 Å². The fourth-order valence-electron chi connectivity index (χ4n) is 2.21. The molecule has 3 rings (SSSR count). The van der Waals surface area contributed by atoms with Gasteiger partial charge in [-0.15, -0.1) is 5.10 Å². The second-order valence-electron chi connectivity index (χ2n) is 5.31. The molecule has 0 amide bonds. The summed E-state index contributed by atoms with van der Waals surface area (Å²) < 4.78 is 28.5. The third-order valence-electron chi connectivity index (χ3n) is 3.31. The molecule has 0 radical (unpaired) electrons. The molecule has 1 aromatic heterocycles. The molecule has 0 fully saturated rings. The van der Waals surface area contributed by atoms with Crippen LogP contribution in [0.3, 0.4) is 0 Å². The Kier molecular flexibility index (Phi) is 4.55. The molecule has 0 aliphatic heterocycles. The summed E-state index contributed by atoms with van der Waals surface area (Å²) in [6.07, 6.45) is 1.49. The first kappa shape index (κ1) is 16.5. The van der Waals surface area contributed by atoms with Crippen LogP contribution in [0.4, 0.5) is 5.95 Å². The minimum Gasteiger partial charge on any atom is -0.246 e. The monoisotopic (exact) mass is 362 g/mol. The van der Waals surface area contributed by atoms with E-state index in [4.69, 9.17) is 11.6 Å². The summed E-state index contributed by atoms with van der Waals surface area (Å²) in [4.78, 5) is 4.10. The molecule has 24 heavy (non-hydrogen) atoms. The summed E-state index contributed by atoms with van der Waals surface area (Å²) in [7, 11) is -3.74. The number of hydrogen-bond donors (Lipinski definition) is 1. The van der Waals surface area contributed by atoms with Crippen LogP contribution in [0.5, 0.6) is 0 Å². The lowest BCUT2D eigenvalue weighted by Gasteiger charge is -2.05. The molecule has 0 atom stereocenters. The fraction of sp³-hybridized carbons (Fsp3) is 0.125. The minimum atomic E-state index is -3.74. The number of benzene rings is 2. The summed E-state index contributed by atoms with van der Waals surface area (Å²) in [5, 5.41) is 4.62. The van der Waals surface area contributed by atoms with Gasteiger partial charge >= 0.3 is 0 Å². The molecule has 0 spiro atoms. The molecule has 0 saturated heterocycles. The first-order chi connectivity index (χ1) is 11.4.